The number of imidazole rings is 1. The predicted octanol–water partition coefficient (Wildman–Crippen LogP) is 2.66. The first kappa shape index (κ1) is 13.6. The normalized spacial score (nSPS) is 12.5. The molecule has 0 bridgehead atoms. The second-order valence-electron chi connectivity index (χ2n) is 4.90. The minimum Gasteiger partial charge on any atom is -0.356 e. The van der Waals surface area contributed by atoms with Crippen molar-refractivity contribution in [2.75, 3.05) is 6.54 Å². The number of carbonyl (C=O) groups is 1. The summed E-state index contributed by atoms with van der Waals surface area (Å²) in [7, 11) is 0. The predicted molar refractivity (Wildman–Crippen MR) is 76.9 cm³/mol. The molecule has 0 fully saturated rings. The van der Waals surface area contributed by atoms with E-state index in [4.69, 9.17) is 0 Å². The summed E-state index contributed by atoms with van der Waals surface area (Å²) in [6, 6.07) is 8.01. The highest BCUT2D eigenvalue weighted by atomic mass is 16.1. The van der Waals surface area contributed by atoms with Crippen molar-refractivity contribution >= 4 is 16.9 Å². The highest BCUT2D eigenvalue weighted by Gasteiger charge is 2.09. The molecule has 1 aromatic carbocycles. The van der Waals surface area contributed by atoms with Gasteiger partial charge in [-0.25, -0.2) is 4.98 Å². The van der Waals surface area contributed by atoms with Gasteiger partial charge in [-0.05, 0) is 25.0 Å². The number of rotatable bonds is 6. The van der Waals surface area contributed by atoms with Crippen LogP contribution in [0.2, 0.25) is 0 Å². The zero-order valence-electron chi connectivity index (χ0n) is 11.6. The number of hydrogen-bond acceptors (Lipinski definition) is 2. The Labute approximate surface area is 113 Å². The average molecular weight is 259 g/mol. The number of para-hydroxylation sites is 2. The fourth-order valence-electron chi connectivity index (χ4n) is 1.95. The highest BCUT2D eigenvalue weighted by Crippen LogP contribution is 2.11. The monoisotopic (exact) mass is 259 g/mol. The molecule has 0 radical (unpaired) electrons. The third-order valence-corrected chi connectivity index (χ3v) is 3.39. The molecule has 2 N–H and O–H groups in total. The van der Waals surface area contributed by atoms with Gasteiger partial charge < -0.3 is 10.3 Å². The van der Waals surface area contributed by atoms with Crippen molar-refractivity contribution in [3.63, 3.8) is 0 Å². The topological polar surface area (TPSA) is 57.8 Å². The van der Waals surface area contributed by atoms with Crippen molar-refractivity contribution in [2.24, 2.45) is 5.92 Å². The number of aromatic amines is 1. The van der Waals surface area contributed by atoms with Gasteiger partial charge in [-0.2, -0.15) is 0 Å². The molecular weight excluding hydrogens is 238 g/mol. The van der Waals surface area contributed by atoms with Gasteiger partial charge in [0.2, 0.25) is 5.91 Å². The van der Waals surface area contributed by atoms with E-state index in [0.717, 1.165) is 36.1 Å². The summed E-state index contributed by atoms with van der Waals surface area (Å²) < 4.78 is 0. The van der Waals surface area contributed by atoms with Crippen molar-refractivity contribution in [3.8, 4) is 0 Å². The van der Waals surface area contributed by atoms with Crippen LogP contribution >= 0.6 is 0 Å². The number of hydrogen-bond donors (Lipinski definition) is 2. The standard InChI is InChI=1S/C15H21N3O/c1-3-11(2)15(19)16-10-6-9-14-17-12-7-4-5-8-13(12)18-14/h4-5,7-8,11H,3,6,9-10H2,1-2H3,(H,16,19)(H,17,18). The molecule has 4 nitrogen and oxygen atoms in total. The van der Waals surface area contributed by atoms with E-state index >= 15 is 0 Å². The molecule has 1 heterocycles. The van der Waals surface area contributed by atoms with E-state index in [1.165, 1.54) is 0 Å². The summed E-state index contributed by atoms with van der Waals surface area (Å²) in [5, 5.41) is 2.96. The van der Waals surface area contributed by atoms with Crippen molar-refractivity contribution in [2.45, 2.75) is 33.1 Å². The Bertz CT molecular complexity index is 514. The number of nitrogens with zero attached hydrogens (tertiary/aromatic N) is 1. The van der Waals surface area contributed by atoms with Crippen LogP contribution in [0.5, 0.6) is 0 Å². The van der Waals surface area contributed by atoms with Crippen LogP contribution in [0, 0.1) is 5.92 Å². The molecular formula is C15H21N3O. The molecule has 0 saturated carbocycles. The Morgan fingerprint density at radius 1 is 1.42 bits per heavy atom. The number of H-pyrrole nitrogens is 1. The maximum atomic E-state index is 11.6. The van der Waals surface area contributed by atoms with E-state index in [9.17, 15) is 4.79 Å². The maximum Gasteiger partial charge on any atom is 0.222 e. The van der Waals surface area contributed by atoms with E-state index < -0.39 is 0 Å². The van der Waals surface area contributed by atoms with Gasteiger partial charge in [-0.1, -0.05) is 26.0 Å². The number of carbonyl (C=O) groups excluding carboxylic acids is 1. The number of nitrogens with one attached hydrogen (secondary N) is 2. The van der Waals surface area contributed by atoms with Crippen molar-refractivity contribution < 1.29 is 4.79 Å². The molecule has 4 heteroatoms. The summed E-state index contributed by atoms with van der Waals surface area (Å²) in [6.45, 7) is 4.69. The van der Waals surface area contributed by atoms with Crippen LogP contribution < -0.4 is 5.32 Å². The van der Waals surface area contributed by atoms with Crippen LogP contribution in [-0.4, -0.2) is 22.4 Å². The number of fused-ring (bicyclic) bond motifs is 1. The van der Waals surface area contributed by atoms with Crippen LogP contribution in [0.3, 0.4) is 0 Å². The van der Waals surface area contributed by atoms with Crippen molar-refractivity contribution in [1.82, 2.24) is 15.3 Å². The van der Waals surface area contributed by atoms with E-state index in [0.29, 0.717) is 6.54 Å². The Morgan fingerprint density at radius 2 is 2.21 bits per heavy atom. The summed E-state index contributed by atoms with van der Waals surface area (Å²) >= 11 is 0. The minimum atomic E-state index is 0.103. The zero-order chi connectivity index (χ0) is 13.7. The second-order valence-corrected chi connectivity index (χ2v) is 4.90. The SMILES string of the molecule is CCC(C)C(=O)NCCCc1nc2ccccc2[nH]1. The van der Waals surface area contributed by atoms with Crippen LogP contribution in [0.25, 0.3) is 11.0 Å². The number of aryl methyl sites for hydroxylation is 1. The molecule has 0 aliphatic heterocycles. The first-order valence-electron chi connectivity index (χ1n) is 6.92. The van der Waals surface area contributed by atoms with Crippen molar-refractivity contribution in [3.05, 3.63) is 30.1 Å². The molecule has 1 unspecified atom stereocenters. The molecule has 102 valence electrons. The smallest absolute Gasteiger partial charge is 0.222 e. The van der Waals surface area contributed by atoms with Crippen LogP contribution in [-0.2, 0) is 11.2 Å². The minimum absolute atomic E-state index is 0.103. The quantitative estimate of drug-likeness (QED) is 0.784. The van der Waals surface area contributed by atoms with Gasteiger partial charge in [0, 0.05) is 18.9 Å². The Kier molecular flexibility index (Phi) is 4.55. The molecule has 1 amide bonds. The lowest BCUT2D eigenvalue weighted by molar-refractivity contribution is -0.124. The Hall–Kier alpha value is -1.84. The molecule has 1 aromatic heterocycles. The van der Waals surface area contributed by atoms with E-state index in [1.54, 1.807) is 0 Å². The Balaban J connectivity index is 1.78. The fourth-order valence-corrected chi connectivity index (χ4v) is 1.95. The molecule has 2 rings (SSSR count). The van der Waals surface area contributed by atoms with E-state index in [2.05, 4.69) is 15.3 Å². The number of benzene rings is 1. The van der Waals surface area contributed by atoms with Gasteiger partial charge in [0.05, 0.1) is 11.0 Å². The molecule has 0 saturated heterocycles. The second kappa shape index (κ2) is 6.36. The first-order valence-corrected chi connectivity index (χ1v) is 6.92. The number of aromatic nitrogens is 2. The fraction of sp³-hybridized carbons (Fsp3) is 0.467. The van der Waals surface area contributed by atoms with Crippen LogP contribution in [0.4, 0.5) is 0 Å². The molecule has 19 heavy (non-hydrogen) atoms. The lowest BCUT2D eigenvalue weighted by Crippen LogP contribution is -2.29. The van der Waals surface area contributed by atoms with E-state index in [-0.39, 0.29) is 11.8 Å². The van der Waals surface area contributed by atoms with E-state index in [1.807, 2.05) is 38.1 Å². The third-order valence-electron chi connectivity index (χ3n) is 3.39. The van der Waals surface area contributed by atoms with Gasteiger partial charge in [0.25, 0.3) is 0 Å². The van der Waals surface area contributed by atoms with Gasteiger partial charge >= 0.3 is 0 Å². The maximum absolute atomic E-state index is 11.6. The van der Waals surface area contributed by atoms with Crippen molar-refractivity contribution in [1.29, 1.82) is 0 Å². The Morgan fingerprint density at radius 3 is 2.95 bits per heavy atom. The van der Waals surface area contributed by atoms with Gasteiger partial charge in [0.1, 0.15) is 5.82 Å². The van der Waals surface area contributed by atoms with Gasteiger partial charge in [-0.15, -0.1) is 0 Å². The number of amides is 1. The summed E-state index contributed by atoms with van der Waals surface area (Å²) in [6.07, 6.45) is 2.65. The largest absolute Gasteiger partial charge is 0.356 e. The third kappa shape index (κ3) is 3.56. The summed E-state index contributed by atoms with van der Waals surface area (Å²) in [4.78, 5) is 19.4. The lowest BCUT2D eigenvalue weighted by atomic mass is 10.1. The van der Waals surface area contributed by atoms with Gasteiger partial charge in [-0.3, -0.25) is 4.79 Å². The van der Waals surface area contributed by atoms with Gasteiger partial charge in [0.15, 0.2) is 0 Å². The molecule has 0 spiro atoms. The zero-order valence-corrected chi connectivity index (χ0v) is 11.6. The average Bonchev–Trinajstić information content (AvgIpc) is 2.85. The molecule has 0 aliphatic carbocycles. The molecule has 0 aliphatic rings. The highest BCUT2D eigenvalue weighted by molar-refractivity contribution is 5.78. The summed E-state index contributed by atoms with van der Waals surface area (Å²) in [5.74, 6) is 1.23. The molecule has 1 atom stereocenters. The lowest BCUT2D eigenvalue weighted by Gasteiger charge is -2.09. The van der Waals surface area contributed by atoms with Crippen LogP contribution in [0.1, 0.15) is 32.5 Å². The van der Waals surface area contributed by atoms with Crippen LogP contribution in [0.15, 0.2) is 24.3 Å². The summed E-state index contributed by atoms with van der Waals surface area (Å²) in [5.41, 5.74) is 2.07. The first-order chi connectivity index (χ1) is 9.20. The molecule has 2 aromatic rings.